The molecule has 4 nitrogen and oxygen atoms in total. The number of nitrogens with zero attached hydrogens (tertiary/aromatic N) is 1. The number of halogens is 1. The van der Waals surface area contributed by atoms with E-state index in [2.05, 4.69) is 0 Å². The zero-order chi connectivity index (χ0) is 14.9. The summed E-state index contributed by atoms with van der Waals surface area (Å²) in [7, 11) is -2.30. The quantitative estimate of drug-likeness (QED) is 0.885. The second-order valence-electron chi connectivity index (χ2n) is 4.53. The first-order chi connectivity index (χ1) is 9.30. The second kappa shape index (κ2) is 5.13. The van der Waals surface area contributed by atoms with Crippen molar-refractivity contribution in [3.05, 3.63) is 53.8 Å². The van der Waals surface area contributed by atoms with Crippen molar-refractivity contribution in [1.82, 2.24) is 0 Å². The first-order valence-corrected chi connectivity index (χ1v) is 7.36. The molecule has 0 atom stereocenters. The summed E-state index contributed by atoms with van der Waals surface area (Å²) in [5.41, 5.74) is 7.21. The van der Waals surface area contributed by atoms with Crippen LogP contribution in [0.15, 0.2) is 47.4 Å². The molecule has 0 saturated heterocycles. The maximum absolute atomic E-state index is 12.9. The van der Waals surface area contributed by atoms with Gasteiger partial charge in [0, 0.05) is 12.7 Å². The largest absolute Gasteiger partial charge is 0.399 e. The van der Waals surface area contributed by atoms with Gasteiger partial charge >= 0.3 is 0 Å². The predicted molar refractivity (Wildman–Crippen MR) is 77.6 cm³/mol. The van der Waals surface area contributed by atoms with Crippen LogP contribution in [0.1, 0.15) is 5.56 Å². The standard InChI is InChI=1S/C14H15FN2O2S/c1-10-7-12(16)9-14(8-10)20(18,19)17(2)13-5-3-11(15)4-6-13/h3-9H,16H2,1-2H3. The van der Waals surface area contributed by atoms with Gasteiger partial charge in [-0.15, -0.1) is 0 Å². The van der Waals surface area contributed by atoms with Crippen LogP contribution >= 0.6 is 0 Å². The van der Waals surface area contributed by atoms with Gasteiger partial charge in [0.15, 0.2) is 0 Å². The fraction of sp³-hybridized carbons (Fsp3) is 0.143. The SMILES string of the molecule is Cc1cc(N)cc(S(=O)(=O)N(C)c2ccc(F)cc2)c1. The Bertz CT molecular complexity index is 707. The van der Waals surface area contributed by atoms with E-state index in [0.29, 0.717) is 11.4 Å². The van der Waals surface area contributed by atoms with Crippen LogP contribution in [0, 0.1) is 12.7 Å². The Balaban J connectivity index is 2.46. The van der Waals surface area contributed by atoms with Crippen molar-refractivity contribution in [1.29, 1.82) is 0 Å². The number of anilines is 2. The summed E-state index contributed by atoms with van der Waals surface area (Å²) in [6, 6.07) is 9.89. The van der Waals surface area contributed by atoms with Gasteiger partial charge in [0.25, 0.3) is 10.0 Å². The molecule has 2 aromatic carbocycles. The number of nitrogens with two attached hydrogens (primary N) is 1. The summed E-state index contributed by atoms with van der Waals surface area (Å²) in [5.74, 6) is -0.417. The van der Waals surface area contributed by atoms with Crippen LogP contribution in [0.3, 0.4) is 0 Å². The van der Waals surface area contributed by atoms with Crippen LogP contribution in [-0.2, 0) is 10.0 Å². The monoisotopic (exact) mass is 294 g/mol. The molecule has 0 aromatic heterocycles. The molecule has 6 heteroatoms. The van der Waals surface area contributed by atoms with E-state index in [9.17, 15) is 12.8 Å². The average Bonchev–Trinajstić information content (AvgIpc) is 2.37. The Hall–Kier alpha value is -2.08. The lowest BCUT2D eigenvalue weighted by Gasteiger charge is -2.20. The van der Waals surface area contributed by atoms with Crippen LogP contribution in [0.5, 0.6) is 0 Å². The minimum absolute atomic E-state index is 0.113. The van der Waals surface area contributed by atoms with Gasteiger partial charge < -0.3 is 5.73 Å². The summed E-state index contributed by atoms with van der Waals surface area (Å²) >= 11 is 0. The minimum Gasteiger partial charge on any atom is -0.399 e. The summed E-state index contributed by atoms with van der Waals surface area (Å²) in [6.45, 7) is 1.77. The van der Waals surface area contributed by atoms with Crippen LogP contribution in [-0.4, -0.2) is 15.5 Å². The molecule has 0 aliphatic heterocycles. The van der Waals surface area contributed by atoms with Crippen molar-refractivity contribution in [3.63, 3.8) is 0 Å². The van der Waals surface area contributed by atoms with Gasteiger partial charge in [-0.3, -0.25) is 4.31 Å². The first-order valence-electron chi connectivity index (χ1n) is 5.92. The molecule has 20 heavy (non-hydrogen) atoms. The van der Waals surface area contributed by atoms with Crippen molar-refractivity contribution in [2.45, 2.75) is 11.8 Å². The highest BCUT2D eigenvalue weighted by molar-refractivity contribution is 7.92. The molecule has 0 saturated carbocycles. The third kappa shape index (κ3) is 2.75. The van der Waals surface area contributed by atoms with Crippen molar-refractivity contribution in [2.75, 3.05) is 17.1 Å². The van der Waals surface area contributed by atoms with Crippen molar-refractivity contribution >= 4 is 21.4 Å². The highest BCUT2D eigenvalue weighted by atomic mass is 32.2. The molecule has 0 amide bonds. The number of rotatable bonds is 3. The molecule has 106 valence electrons. The van der Waals surface area contributed by atoms with E-state index >= 15 is 0 Å². The number of benzene rings is 2. The van der Waals surface area contributed by atoms with Crippen LogP contribution in [0.25, 0.3) is 0 Å². The van der Waals surface area contributed by atoms with E-state index < -0.39 is 15.8 Å². The zero-order valence-corrected chi connectivity index (χ0v) is 12.0. The Morgan fingerprint density at radius 3 is 2.25 bits per heavy atom. The highest BCUT2D eigenvalue weighted by Gasteiger charge is 2.21. The lowest BCUT2D eigenvalue weighted by atomic mass is 10.2. The third-order valence-electron chi connectivity index (χ3n) is 2.92. The average molecular weight is 294 g/mol. The van der Waals surface area contributed by atoms with Gasteiger partial charge in [-0.1, -0.05) is 0 Å². The fourth-order valence-corrected chi connectivity index (χ4v) is 3.21. The third-order valence-corrected chi connectivity index (χ3v) is 4.69. The van der Waals surface area contributed by atoms with E-state index in [0.717, 1.165) is 9.87 Å². The summed E-state index contributed by atoms with van der Waals surface area (Å²) in [5, 5.41) is 0. The zero-order valence-electron chi connectivity index (χ0n) is 11.2. The number of nitrogen functional groups attached to an aromatic ring is 1. The number of aryl methyl sites for hydroxylation is 1. The van der Waals surface area contributed by atoms with E-state index in [4.69, 9.17) is 5.73 Å². The summed E-state index contributed by atoms with van der Waals surface area (Å²) in [4.78, 5) is 0.113. The molecular formula is C14H15FN2O2S. The lowest BCUT2D eigenvalue weighted by molar-refractivity contribution is 0.594. The van der Waals surface area contributed by atoms with Gasteiger partial charge in [-0.05, 0) is 55.0 Å². The molecule has 2 aromatic rings. The molecule has 0 aliphatic rings. The number of hydrogen-bond donors (Lipinski definition) is 1. The normalized spacial score (nSPS) is 11.3. The molecule has 0 unspecified atom stereocenters. The number of hydrogen-bond acceptors (Lipinski definition) is 3. The van der Waals surface area contributed by atoms with Crippen molar-refractivity contribution < 1.29 is 12.8 Å². The first kappa shape index (κ1) is 14.3. The van der Waals surface area contributed by atoms with E-state index in [1.54, 1.807) is 19.1 Å². The van der Waals surface area contributed by atoms with Gasteiger partial charge in [0.05, 0.1) is 10.6 Å². The summed E-state index contributed by atoms with van der Waals surface area (Å²) in [6.07, 6.45) is 0. The van der Waals surface area contributed by atoms with Crippen LogP contribution < -0.4 is 10.0 Å². The van der Waals surface area contributed by atoms with Crippen LogP contribution in [0.2, 0.25) is 0 Å². The number of sulfonamides is 1. The van der Waals surface area contributed by atoms with E-state index in [1.165, 1.54) is 37.4 Å². The second-order valence-corrected chi connectivity index (χ2v) is 6.50. The lowest BCUT2D eigenvalue weighted by Crippen LogP contribution is -2.26. The molecule has 2 N–H and O–H groups in total. The summed E-state index contributed by atoms with van der Waals surface area (Å²) < 4.78 is 39.0. The highest BCUT2D eigenvalue weighted by Crippen LogP contribution is 2.24. The topological polar surface area (TPSA) is 63.4 Å². The Morgan fingerprint density at radius 1 is 1.10 bits per heavy atom. The van der Waals surface area contributed by atoms with Crippen molar-refractivity contribution in [3.8, 4) is 0 Å². The molecule has 0 spiro atoms. The molecule has 0 heterocycles. The molecule has 0 radical (unpaired) electrons. The van der Waals surface area contributed by atoms with Gasteiger partial charge in [-0.2, -0.15) is 0 Å². The van der Waals surface area contributed by atoms with Gasteiger partial charge in [-0.25, -0.2) is 12.8 Å². The van der Waals surface area contributed by atoms with Gasteiger partial charge in [0.1, 0.15) is 5.82 Å². The predicted octanol–water partition coefficient (Wildman–Crippen LogP) is 2.54. The van der Waals surface area contributed by atoms with E-state index in [1.807, 2.05) is 0 Å². The minimum atomic E-state index is -3.72. The Kier molecular flexibility index (Phi) is 3.67. The Labute approximate surface area is 117 Å². The molecule has 0 aliphatic carbocycles. The Morgan fingerprint density at radius 2 is 1.70 bits per heavy atom. The molecule has 0 bridgehead atoms. The molecular weight excluding hydrogens is 279 g/mol. The van der Waals surface area contributed by atoms with E-state index in [-0.39, 0.29) is 4.90 Å². The molecule has 2 rings (SSSR count). The fourth-order valence-electron chi connectivity index (χ4n) is 1.87. The maximum atomic E-state index is 12.9. The smallest absolute Gasteiger partial charge is 0.264 e. The molecule has 0 fully saturated rings. The maximum Gasteiger partial charge on any atom is 0.264 e. The van der Waals surface area contributed by atoms with Gasteiger partial charge in [0.2, 0.25) is 0 Å². The van der Waals surface area contributed by atoms with Crippen LogP contribution in [0.4, 0.5) is 15.8 Å². The van der Waals surface area contributed by atoms with Crippen molar-refractivity contribution in [2.24, 2.45) is 0 Å².